The molecule has 0 heterocycles. The average molecular weight is 135 g/mol. The van der Waals surface area contributed by atoms with Crippen molar-refractivity contribution < 1.29 is 0 Å². The summed E-state index contributed by atoms with van der Waals surface area (Å²) >= 11 is 0. The second-order valence-corrected chi connectivity index (χ2v) is 2.66. The summed E-state index contributed by atoms with van der Waals surface area (Å²) < 4.78 is 0. The van der Waals surface area contributed by atoms with E-state index in [-0.39, 0.29) is 5.92 Å². The SMILES string of the molecule is C=C(N)C1C=CCC=C1C. The Balaban J connectivity index is 2.75. The first-order valence-electron chi connectivity index (χ1n) is 3.49. The number of nitrogens with two attached hydrogens (primary N) is 1. The molecule has 1 aliphatic rings. The lowest BCUT2D eigenvalue weighted by molar-refractivity contribution is 0.853. The van der Waals surface area contributed by atoms with Crippen LogP contribution in [0.2, 0.25) is 0 Å². The van der Waals surface area contributed by atoms with E-state index in [1.165, 1.54) is 5.57 Å². The highest BCUT2D eigenvalue weighted by molar-refractivity contribution is 5.26. The van der Waals surface area contributed by atoms with Crippen molar-refractivity contribution in [3.8, 4) is 0 Å². The predicted octanol–water partition coefficient (Wildman–Crippen LogP) is 1.98. The first-order valence-corrected chi connectivity index (χ1v) is 3.49. The number of allylic oxidation sites excluding steroid dienone is 3. The summed E-state index contributed by atoms with van der Waals surface area (Å²) in [6.07, 6.45) is 7.45. The Labute approximate surface area is 61.9 Å². The van der Waals surface area contributed by atoms with Crippen LogP contribution in [0.4, 0.5) is 0 Å². The Kier molecular flexibility index (Phi) is 1.95. The lowest BCUT2D eigenvalue weighted by Crippen LogP contribution is -2.11. The fraction of sp³-hybridized carbons (Fsp3) is 0.333. The summed E-state index contributed by atoms with van der Waals surface area (Å²) in [5.74, 6) is 0.286. The van der Waals surface area contributed by atoms with Crippen LogP contribution in [0, 0.1) is 5.92 Å². The van der Waals surface area contributed by atoms with E-state index in [2.05, 4.69) is 31.7 Å². The Morgan fingerprint density at radius 3 is 2.90 bits per heavy atom. The molecule has 1 nitrogen and oxygen atoms in total. The van der Waals surface area contributed by atoms with Gasteiger partial charge in [0.15, 0.2) is 0 Å². The highest BCUT2D eigenvalue weighted by Gasteiger charge is 2.09. The summed E-state index contributed by atoms with van der Waals surface area (Å²) in [7, 11) is 0. The van der Waals surface area contributed by atoms with Crippen LogP contribution in [0.3, 0.4) is 0 Å². The molecule has 0 aromatic carbocycles. The van der Waals surface area contributed by atoms with Crippen LogP contribution in [-0.4, -0.2) is 0 Å². The van der Waals surface area contributed by atoms with Crippen molar-refractivity contribution in [3.05, 3.63) is 36.1 Å². The molecule has 0 saturated heterocycles. The van der Waals surface area contributed by atoms with Crippen LogP contribution in [-0.2, 0) is 0 Å². The Bertz CT molecular complexity index is 199. The van der Waals surface area contributed by atoms with Gasteiger partial charge in [-0.05, 0) is 13.3 Å². The van der Waals surface area contributed by atoms with Crippen molar-refractivity contribution in [1.82, 2.24) is 0 Å². The van der Waals surface area contributed by atoms with Crippen molar-refractivity contribution in [2.24, 2.45) is 11.7 Å². The van der Waals surface area contributed by atoms with Gasteiger partial charge in [-0.2, -0.15) is 0 Å². The Hall–Kier alpha value is -0.980. The molecule has 10 heavy (non-hydrogen) atoms. The largest absolute Gasteiger partial charge is 0.402 e. The van der Waals surface area contributed by atoms with Gasteiger partial charge in [-0.15, -0.1) is 0 Å². The van der Waals surface area contributed by atoms with E-state index in [1.807, 2.05) is 0 Å². The van der Waals surface area contributed by atoms with Crippen LogP contribution in [0.25, 0.3) is 0 Å². The van der Waals surface area contributed by atoms with Gasteiger partial charge in [0.1, 0.15) is 0 Å². The zero-order chi connectivity index (χ0) is 7.56. The topological polar surface area (TPSA) is 26.0 Å². The molecule has 2 N–H and O–H groups in total. The van der Waals surface area contributed by atoms with Gasteiger partial charge in [-0.25, -0.2) is 0 Å². The van der Waals surface area contributed by atoms with Crippen molar-refractivity contribution in [1.29, 1.82) is 0 Å². The summed E-state index contributed by atoms with van der Waals surface area (Å²) in [4.78, 5) is 0. The maximum Gasteiger partial charge on any atom is 0.0366 e. The number of rotatable bonds is 1. The minimum Gasteiger partial charge on any atom is -0.402 e. The van der Waals surface area contributed by atoms with Crippen molar-refractivity contribution in [2.75, 3.05) is 0 Å². The normalized spacial score (nSPS) is 24.1. The molecule has 0 fully saturated rings. The third-order valence-electron chi connectivity index (χ3n) is 1.79. The molecular weight excluding hydrogens is 122 g/mol. The summed E-state index contributed by atoms with van der Waals surface area (Å²) in [6.45, 7) is 5.80. The van der Waals surface area contributed by atoms with Gasteiger partial charge in [-0.3, -0.25) is 0 Å². The third-order valence-corrected chi connectivity index (χ3v) is 1.79. The zero-order valence-electron chi connectivity index (χ0n) is 6.30. The maximum absolute atomic E-state index is 5.57. The van der Waals surface area contributed by atoms with E-state index in [0.29, 0.717) is 0 Å². The van der Waals surface area contributed by atoms with Gasteiger partial charge in [0.2, 0.25) is 0 Å². The fourth-order valence-corrected chi connectivity index (χ4v) is 1.16. The van der Waals surface area contributed by atoms with E-state index < -0.39 is 0 Å². The zero-order valence-corrected chi connectivity index (χ0v) is 6.30. The monoisotopic (exact) mass is 135 g/mol. The maximum atomic E-state index is 5.57. The molecule has 1 aliphatic carbocycles. The van der Waals surface area contributed by atoms with Crippen LogP contribution < -0.4 is 5.73 Å². The average Bonchev–Trinajstić information content (AvgIpc) is 1.88. The van der Waals surface area contributed by atoms with E-state index >= 15 is 0 Å². The molecular formula is C9H13N. The van der Waals surface area contributed by atoms with Gasteiger partial charge in [0, 0.05) is 11.6 Å². The number of hydrogen-bond acceptors (Lipinski definition) is 1. The van der Waals surface area contributed by atoms with Crippen molar-refractivity contribution >= 4 is 0 Å². The van der Waals surface area contributed by atoms with Gasteiger partial charge >= 0.3 is 0 Å². The molecule has 1 rings (SSSR count). The molecule has 1 atom stereocenters. The second kappa shape index (κ2) is 2.74. The molecule has 1 unspecified atom stereocenters. The minimum absolute atomic E-state index is 0.286. The quantitative estimate of drug-likeness (QED) is 0.547. The standard InChI is InChI=1S/C9H13N/c1-7-5-3-4-6-9(7)8(2)10/h4-6,9H,2-3,10H2,1H3. The molecule has 0 amide bonds. The molecule has 0 aliphatic heterocycles. The molecule has 0 aromatic rings. The highest BCUT2D eigenvalue weighted by atomic mass is 14.6. The van der Waals surface area contributed by atoms with Crippen LogP contribution in [0.15, 0.2) is 36.1 Å². The van der Waals surface area contributed by atoms with Gasteiger partial charge in [-0.1, -0.05) is 30.4 Å². The lowest BCUT2D eigenvalue weighted by Gasteiger charge is -2.15. The van der Waals surface area contributed by atoms with E-state index in [1.54, 1.807) is 0 Å². The van der Waals surface area contributed by atoms with Crippen LogP contribution in [0.5, 0.6) is 0 Å². The van der Waals surface area contributed by atoms with Gasteiger partial charge < -0.3 is 5.73 Å². The smallest absolute Gasteiger partial charge is 0.0366 e. The fourth-order valence-electron chi connectivity index (χ4n) is 1.16. The Morgan fingerprint density at radius 2 is 2.50 bits per heavy atom. The van der Waals surface area contributed by atoms with Crippen LogP contribution >= 0.6 is 0 Å². The molecule has 0 radical (unpaired) electrons. The van der Waals surface area contributed by atoms with Gasteiger partial charge in [0.25, 0.3) is 0 Å². The molecule has 0 aromatic heterocycles. The first-order chi connectivity index (χ1) is 4.72. The highest BCUT2D eigenvalue weighted by Crippen LogP contribution is 2.21. The summed E-state index contributed by atoms with van der Waals surface area (Å²) in [5.41, 5.74) is 7.63. The lowest BCUT2D eigenvalue weighted by atomic mass is 9.93. The molecule has 54 valence electrons. The van der Waals surface area contributed by atoms with Crippen LogP contribution in [0.1, 0.15) is 13.3 Å². The van der Waals surface area contributed by atoms with E-state index in [9.17, 15) is 0 Å². The Morgan fingerprint density at radius 1 is 1.80 bits per heavy atom. The molecule has 0 bridgehead atoms. The molecule has 0 spiro atoms. The van der Waals surface area contributed by atoms with Crippen molar-refractivity contribution in [2.45, 2.75) is 13.3 Å². The third kappa shape index (κ3) is 1.29. The van der Waals surface area contributed by atoms with Crippen molar-refractivity contribution in [3.63, 3.8) is 0 Å². The van der Waals surface area contributed by atoms with E-state index in [4.69, 9.17) is 5.73 Å². The summed E-state index contributed by atoms with van der Waals surface area (Å²) in [5, 5.41) is 0. The summed E-state index contributed by atoms with van der Waals surface area (Å²) in [6, 6.07) is 0. The number of hydrogen-bond donors (Lipinski definition) is 1. The first kappa shape index (κ1) is 7.13. The van der Waals surface area contributed by atoms with Gasteiger partial charge in [0.05, 0.1) is 0 Å². The molecule has 0 saturated carbocycles. The second-order valence-electron chi connectivity index (χ2n) is 2.66. The predicted molar refractivity (Wildman–Crippen MR) is 44.3 cm³/mol. The minimum atomic E-state index is 0.286. The van der Waals surface area contributed by atoms with E-state index in [0.717, 1.165) is 12.1 Å². The molecule has 1 heteroatoms.